The molecule has 0 unspecified atom stereocenters. The molecule has 1 aromatic heterocycles. The third-order valence-corrected chi connectivity index (χ3v) is 8.12. The molecule has 2 aromatic carbocycles. The minimum atomic E-state index is -4.71. The lowest BCUT2D eigenvalue weighted by Gasteiger charge is -2.19. The van der Waals surface area contributed by atoms with Crippen molar-refractivity contribution < 1.29 is 54.8 Å². The topological polar surface area (TPSA) is 160 Å². The lowest BCUT2D eigenvalue weighted by atomic mass is 10.2. The second-order valence-corrected chi connectivity index (χ2v) is 14.5. The Kier molecular flexibility index (Phi) is 17.0. The van der Waals surface area contributed by atoms with Gasteiger partial charge in [0.25, 0.3) is 0 Å². The fraction of sp³-hybridized carbons (Fsp3) is 0.514. The van der Waals surface area contributed by atoms with E-state index in [9.17, 15) is 26.4 Å². The highest BCUT2D eigenvalue weighted by molar-refractivity contribution is 7.92. The molecule has 3 rings (SSSR count). The van der Waals surface area contributed by atoms with Gasteiger partial charge in [0.05, 0.1) is 71.2 Å². The molecule has 18 heteroatoms. The molecule has 0 fully saturated rings. The molecular weight excluding hydrogens is 723 g/mol. The quantitative estimate of drug-likeness (QED) is 0.0930. The Bertz CT molecular complexity index is 1670. The maximum atomic E-state index is 13.7. The van der Waals surface area contributed by atoms with Crippen LogP contribution in [0.3, 0.4) is 0 Å². The van der Waals surface area contributed by atoms with E-state index in [0.29, 0.717) is 75.1 Å². The molecular formula is C35H48F3N5O9S. The number of nitrogens with one attached hydrogen (secondary N) is 2. The van der Waals surface area contributed by atoms with Crippen molar-refractivity contribution in [1.82, 2.24) is 9.97 Å². The van der Waals surface area contributed by atoms with E-state index in [2.05, 4.69) is 20.6 Å². The van der Waals surface area contributed by atoms with Gasteiger partial charge in [0, 0.05) is 25.5 Å². The van der Waals surface area contributed by atoms with Gasteiger partial charge in [0.2, 0.25) is 16.0 Å². The van der Waals surface area contributed by atoms with Gasteiger partial charge >= 0.3 is 12.1 Å². The fourth-order valence-corrected chi connectivity index (χ4v) is 4.81. The van der Waals surface area contributed by atoms with Crippen LogP contribution in [-0.4, -0.2) is 103 Å². The zero-order chi connectivity index (χ0) is 38.9. The molecule has 0 saturated heterocycles. The number of rotatable bonds is 23. The smallest absolute Gasteiger partial charge is 0.421 e. The van der Waals surface area contributed by atoms with Gasteiger partial charge < -0.3 is 39.1 Å². The maximum absolute atomic E-state index is 13.7. The Hall–Kier alpha value is -4.23. The summed E-state index contributed by atoms with van der Waals surface area (Å²) in [6.45, 7) is 8.58. The minimum Gasteiger partial charge on any atom is -0.491 e. The van der Waals surface area contributed by atoms with Gasteiger partial charge in [-0.15, -0.1) is 0 Å². The minimum absolute atomic E-state index is 0.0548. The second-order valence-electron chi connectivity index (χ2n) is 12.5. The van der Waals surface area contributed by atoms with Crippen molar-refractivity contribution in [1.29, 1.82) is 0 Å². The van der Waals surface area contributed by atoms with Gasteiger partial charge in [0.1, 0.15) is 29.3 Å². The van der Waals surface area contributed by atoms with Crippen LogP contribution in [0.25, 0.3) is 0 Å². The predicted molar refractivity (Wildman–Crippen MR) is 193 cm³/mol. The number of nitrogens with zero attached hydrogens (tertiary/aromatic N) is 3. The Labute approximate surface area is 308 Å². The van der Waals surface area contributed by atoms with Crippen LogP contribution in [0.1, 0.15) is 38.3 Å². The standard InChI is InChI=1S/C35H48F3N5O9S/c1-34(2,3)52-31(44)13-14-47-15-16-48-17-18-49-19-20-50-21-22-51-29-11-9-27(10-12-29)41-33-40-25-30(35(36,37)38)32(42-33)39-24-26-7-6-8-28(23-26)43(4)53(5,45)46/h6-12,23,25H,13-22,24H2,1-5H3,(H2,39,40,41,42). The number of anilines is 4. The molecule has 0 spiro atoms. The van der Waals surface area contributed by atoms with Gasteiger partial charge in [-0.1, -0.05) is 12.1 Å². The summed E-state index contributed by atoms with van der Waals surface area (Å²) in [6, 6.07) is 13.1. The first-order valence-electron chi connectivity index (χ1n) is 16.7. The number of esters is 1. The van der Waals surface area contributed by atoms with Crippen molar-refractivity contribution >= 4 is 39.1 Å². The van der Waals surface area contributed by atoms with Crippen molar-refractivity contribution in [2.75, 3.05) is 87.7 Å². The number of carbonyl (C=O) groups is 1. The number of ether oxygens (including phenoxy) is 6. The van der Waals surface area contributed by atoms with E-state index in [4.69, 9.17) is 28.4 Å². The molecule has 0 aliphatic rings. The maximum Gasteiger partial charge on any atom is 0.421 e. The summed E-state index contributed by atoms with van der Waals surface area (Å²) in [5.74, 6) is -0.249. The predicted octanol–water partition coefficient (Wildman–Crippen LogP) is 5.42. The molecule has 0 radical (unpaired) electrons. The number of hydrogen-bond acceptors (Lipinski definition) is 13. The number of halogens is 3. The van der Waals surface area contributed by atoms with Crippen LogP contribution in [0.15, 0.2) is 54.7 Å². The van der Waals surface area contributed by atoms with E-state index in [1.54, 1.807) is 48.5 Å². The summed E-state index contributed by atoms with van der Waals surface area (Å²) in [5, 5.41) is 5.60. The number of aromatic nitrogens is 2. The molecule has 0 atom stereocenters. The van der Waals surface area contributed by atoms with Crippen LogP contribution in [0.4, 0.5) is 36.3 Å². The molecule has 0 aliphatic carbocycles. The number of alkyl halides is 3. The van der Waals surface area contributed by atoms with Crippen molar-refractivity contribution in [2.45, 2.75) is 45.5 Å². The van der Waals surface area contributed by atoms with Gasteiger partial charge in [-0.25, -0.2) is 13.4 Å². The van der Waals surface area contributed by atoms with E-state index in [-0.39, 0.29) is 38.1 Å². The molecule has 294 valence electrons. The molecule has 53 heavy (non-hydrogen) atoms. The lowest BCUT2D eigenvalue weighted by Crippen LogP contribution is -2.24. The highest BCUT2D eigenvalue weighted by atomic mass is 32.2. The number of carbonyl (C=O) groups excluding carboxylic acids is 1. The Morgan fingerprint density at radius 2 is 1.43 bits per heavy atom. The average Bonchev–Trinajstić information content (AvgIpc) is 3.08. The molecule has 0 saturated carbocycles. The number of hydrogen-bond donors (Lipinski definition) is 2. The molecule has 2 N–H and O–H groups in total. The van der Waals surface area contributed by atoms with Crippen molar-refractivity contribution in [3.8, 4) is 5.75 Å². The Balaban J connectivity index is 1.32. The molecule has 0 bridgehead atoms. The summed E-state index contributed by atoms with van der Waals surface area (Å²) in [6.07, 6.45) is -2.78. The van der Waals surface area contributed by atoms with Crippen LogP contribution in [-0.2, 0) is 51.2 Å². The molecule has 14 nitrogen and oxygen atoms in total. The molecule has 0 amide bonds. The summed E-state index contributed by atoms with van der Waals surface area (Å²) < 4.78 is 98.7. The summed E-state index contributed by atoms with van der Waals surface area (Å²) in [4.78, 5) is 19.5. The average molecular weight is 772 g/mol. The van der Waals surface area contributed by atoms with Crippen LogP contribution in [0.2, 0.25) is 0 Å². The first-order chi connectivity index (χ1) is 25.0. The highest BCUT2D eigenvalue weighted by Crippen LogP contribution is 2.34. The fourth-order valence-electron chi connectivity index (χ4n) is 4.32. The molecule has 3 aromatic rings. The van der Waals surface area contributed by atoms with Crippen LogP contribution in [0.5, 0.6) is 5.75 Å². The largest absolute Gasteiger partial charge is 0.491 e. The summed E-state index contributed by atoms with van der Waals surface area (Å²) in [5.41, 5.74) is -0.131. The van der Waals surface area contributed by atoms with Gasteiger partial charge in [-0.05, 0) is 62.7 Å². The first kappa shape index (κ1) is 43.2. The monoisotopic (exact) mass is 771 g/mol. The third-order valence-electron chi connectivity index (χ3n) is 6.92. The normalized spacial score (nSPS) is 12.0. The number of sulfonamides is 1. The zero-order valence-corrected chi connectivity index (χ0v) is 31.3. The van der Waals surface area contributed by atoms with Gasteiger partial charge in [-0.2, -0.15) is 18.2 Å². The van der Waals surface area contributed by atoms with Gasteiger partial charge in [-0.3, -0.25) is 9.10 Å². The van der Waals surface area contributed by atoms with Crippen LogP contribution < -0.4 is 19.7 Å². The van der Waals surface area contributed by atoms with E-state index in [1.807, 2.05) is 20.8 Å². The second kappa shape index (κ2) is 20.9. The van der Waals surface area contributed by atoms with Crippen molar-refractivity contribution in [3.63, 3.8) is 0 Å². The highest BCUT2D eigenvalue weighted by Gasteiger charge is 2.35. The zero-order valence-electron chi connectivity index (χ0n) is 30.5. The summed E-state index contributed by atoms with van der Waals surface area (Å²) in [7, 11) is -2.13. The van der Waals surface area contributed by atoms with Crippen molar-refractivity contribution in [2.24, 2.45) is 0 Å². The Morgan fingerprint density at radius 3 is 2.00 bits per heavy atom. The van der Waals surface area contributed by atoms with E-state index in [0.717, 1.165) is 10.6 Å². The van der Waals surface area contributed by atoms with E-state index >= 15 is 0 Å². The molecule has 1 heterocycles. The van der Waals surface area contributed by atoms with E-state index in [1.165, 1.54) is 7.05 Å². The van der Waals surface area contributed by atoms with E-state index < -0.39 is 33.2 Å². The van der Waals surface area contributed by atoms with Crippen LogP contribution in [0, 0.1) is 0 Å². The lowest BCUT2D eigenvalue weighted by molar-refractivity contribution is -0.156. The third kappa shape index (κ3) is 17.0. The van der Waals surface area contributed by atoms with Crippen molar-refractivity contribution in [3.05, 3.63) is 65.9 Å². The summed E-state index contributed by atoms with van der Waals surface area (Å²) >= 11 is 0. The SMILES string of the molecule is CN(c1cccc(CNc2nc(Nc3ccc(OCCOCCOCCOCCOCCC(=O)OC(C)(C)C)cc3)ncc2C(F)(F)F)c1)S(C)(=O)=O. The Morgan fingerprint density at radius 1 is 0.849 bits per heavy atom. The first-order valence-corrected chi connectivity index (χ1v) is 18.6. The van der Waals surface area contributed by atoms with Gasteiger partial charge in [0.15, 0.2) is 0 Å². The number of benzene rings is 2. The van der Waals surface area contributed by atoms with Crippen LogP contribution >= 0.6 is 0 Å². The molecule has 0 aliphatic heterocycles.